The molecule has 23 heavy (non-hydrogen) atoms. The Morgan fingerprint density at radius 3 is 2.30 bits per heavy atom. The third-order valence-corrected chi connectivity index (χ3v) is 6.37. The predicted octanol–water partition coefficient (Wildman–Crippen LogP) is 2.79. The molecule has 8 heteroatoms. The Kier molecular flexibility index (Phi) is 5.73. The van der Waals surface area contributed by atoms with Gasteiger partial charge in [0.25, 0.3) is 0 Å². The molecule has 5 nitrogen and oxygen atoms in total. The van der Waals surface area contributed by atoms with Gasteiger partial charge in [0.1, 0.15) is 4.90 Å². The standard InChI is InChI=1S/C15H18Cl2N2O3S/c1-11(2)10-14(20)18-6-8-19(9-7-18)23(21,22)13-5-3-4-12(16)15(13)17/h3-5,10H,6-9H2,1-2H3. The zero-order valence-electron chi connectivity index (χ0n) is 12.9. The van der Waals surface area contributed by atoms with Crippen molar-refractivity contribution in [2.45, 2.75) is 18.7 Å². The highest BCUT2D eigenvalue weighted by Gasteiger charge is 2.31. The second kappa shape index (κ2) is 7.21. The van der Waals surface area contributed by atoms with Crippen molar-refractivity contribution in [3.05, 3.63) is 39.9 Å². The molecule has 1 saturated heterocycles. The van der Waals surface area contributed by atoms with E-state index in [-0.39, 0.29) is 33.9 Å². The fraction of sp³-hybridized carbons (Fsp3) is 0.400. The maximum atomic E-state index is 12.7. The topological polar surface area (TPSA) is 57.7 Å². The van der Waals surface area contributed by atoms with Crippen LogP contribution in [-0.2, 0) is 14.8 Å². The summed E-state index contributed by atoms with van der Waals surface area (Å²) in [6, 6.07) is 4.53. The van der Waals surface area contributed by atoms with Crippen molar-refractivity contribution >= 4 is 39.1 Å². The molecule has 1 heterocycles. The maximum absolute atomic E-state index is 12.7. The third-order valence-electron chi connectivity index (χ3n) is 3.50. The molecule has 0 saturated carbocycles. The lowest BCUT2D eigenvalue weighted by molar-refractivity contribution is -0.127. The van der Waals surface area contributed by atoms with Gasteiger partial charge < -0.3 is 4.90 Å². The summed E-state index contributed by atoms with van der Waals surface area (Å²) in [5.41, 5.74) is 0.913. The van der Waals surface area contributed by atoms with Crippen molar-refractivity contribution in [3.8, 4) is 0 Å². The van der Waals surface area contributed by atoms with Crippen LogP contribution >= 0.6 is 23.2 Å². The lowest BCUT2D eigenvalue weighted by Crippen LogP contribution is -2.50. The highest BCUT2D eigenvalue weighted by molar-refractivity contribution is 7.89. The number of hydrogen-bond donors (Lipinski definition) is 0. The summed E-state index contributed by atoms with van der Waals surface area (Å²) >= 11 is 11.9. The van der Waals surface area contributed by atoms with Crippen LogP contribution in [0.5, 0.6) is 0 Å². The van der Waals surface area contributed by atoms with Crippen molar-refractivity contribution in [3.63, 3.8) is 0 Å². The molecule has 0 unspecified atom stereocenters. The van der Waals surface area contributed by atoms with Crippen LogP contribution in [0, 0.1) is 0 Å². The quantitative estimate of drug-likeness (QED) is 0.762. The van der Waals surface area contributed by atoms with Crippen LogP contribution in [0.25, 0.3) is 0 Å². The zero-order chi connectivity index (χ0) is 17.2. The Bertz CT molecular complexity index is 735. The number of allylic oxidation sites excluding steroid dienone is 1. The Morgan fingerprint density at radius 2 is 1.74 bits per heavy atom. The van der Waals surface area contributed by atoms with Crippen LogP contribution in [-0.4, -0.2) is 49.7 Å². The molecule has 0 radical (unpaired) electrons. The highest BCUT2D eigenvalue weighted by Crippen LogP contribution is 2.31. The molecule has 1 amide bonds. The van der Waals surface area contributed by atoms with E-state index in [0.29, 0.717) is 13.1 Å². The lowest BCUT2D eigenvalue weighted by Gasteiger charge is -2.33. The molecule has 0 N–H and O–H groups in total. The summed E-state index contributed by atoms with van der Waals surface area (Å²) in [6.07, 6.45) is 1.55. The van der Waals surface area contributed by atoms with Crippen molar-refractivity contribution in [1.29, 1.82) is 0 Å². The number of piperazine rings is 1. The van der Waals surface area contributed by atoms with Crippen molar-refractivity contribution in [2.24, 2.45) is 0 Å². The van der Waals surface area contributed by atoms with E-state index in [1.54, 1.807) is 23.1 Å². The third kappa shape index (κ3) is 4.07. The highest BCUT2D eigenvalue weighted by atomic mass is 35.5. The lowest BCUT2D eigenvalue weighted by atomic mass is 10.3. The van der Waals surface area contributed by atoms with Gasteiger partial charge in [0, 0.05) is 32.3 Å². The van der Waals surface area contributed by atoms with Crippen LogP contribution in [0.2, 0.25) is 10.0 Å². The molecule has 0 atom stereocenters. The summed E-state index contributed by atoms with van der Waals surface area (Å²) in [5, 5.41) is 0.224. The van der Waals surface area contributed by atoms with Gasteiger partial charge in [-0.25, -0.2) is 8.42 Å². The molecule has 1 aliphatic heterocycles. The second-order valence-electron chi connectivity index (χ2n) is 5.50. The normalized spacial score (nSPS) is 16.3. The summed E-state index contributed by atoms with van der Waals surface area (Å²) in [7, 11) is -3.72. The zero-order valence-corrected chi connectivity index (χ0v) is 15.2. The average molecular weight is 377 g/mol. The predicted molar refractivity (Wildman–Crippen MR) is 91.2 cm³/mol. The number of carbonyl (C=O) groups is 1. The molecule has 1 aliphatic rings. The van der Waals surface area contributed by atoms with E-state index in [2.05, 4.69) is 0 Å². The molecule has 126 valence electrons. The van der Waals surface area contributed by atoms with E-state index < -0.39 is 10.0 Å². The van der Waals surface area contributed by atoms with Gasteiger partial charge in [0.05, 0.1) is 10.0 Å². The molecule has 1 fully saturated rings. The van der Waals surface area contributed by atoms with Crippen LogP contribution in [0.3, 0.4) is 0 Å². The first-order valence-corrected chi connectivity index (χ1v) is 9.31. The first kappa shape index (κ1) is 18.3. The molecule has 1 aromatic carbocycles. The fourth-order valence-corrected chi connectivity index (χ4v) is 4.47. The first-order valence-electron chi connectivity index (χ1n) is 7.11. The number of halogens is 2. The van der Waals surface area contributed by atoms with Crippen molar-refractivity contribution in [1.82, 2.24) is 9.21 Å². The molecular formula is C15H18Cl2N2O3S. The minimum atomic E-state index is -3.72. The van der Waals surface area contributed by atoms with Crippen LogP contribution in [0.4, 0.5) is 0 Å². The van der Waals surface area contributed by atoms with Gasteiger partial charge in [-0.05, 0) is 26.0 Å². The number of rotatable bonds is 3. The Hall–Kier alpha value is -1.08. The molecular weight excluding hydrogens is 359 g/mol. The van der Waals surface area contributed by atoms with E-state index in [1.807, 2.05) is 13.8 Å². The van der Waals surface area contributed by atoms with Crippen LogP contribution < -0.4 is 0 Å². The molecule has 2 rings (SSSR count). The number of sulfonamides is 1. The van der Waals surface area contributed by atoms with Gasteiger partial charge in [0.15, 0.2) is 0 Å². The Morgan fingerprint density at radius 1 is 1.13 bits per heavy atom. The van der Waals surface area contributed by atoms with E-state index in [4.69, 9.17) is 23.2 Å². The first-order chi connectivity index (χ1) is 10.7. The minimum absolute atomic E-state index is 0.00394. The van der Waals surface area contributed by atoms with Gasteiger partial charge in [0.2, 0.25) is 15.9 Å². The largest absolute Gasteiger partial charge is 0.337 e. The maximum Gasteiger partial charge on any atom is 0.246 e. The Balaban J connectivity index is 2.14. The average Bonchev–Trinajstić information content (AvgIpc) is 2.49. The SMILES string of the molecule is CC(C)=CC(=O)N1CCN(S(=O)(=O)c2cccc(Cl)c2Cl)CC1. The van der Waals surface area contributed by atoms with Gasteiger partial charge in [-0.1, -0.05) is 34.8 Å². The van der Waals surface area contributed by atoms with Gasteiger partial charge in [-0.2, -0.15) is 4.31 Å². The summed E-state index contributed by atoms with van der Waals surface area (Å²) < 4.78 is 26.7. The molecule has 0 bridgehead atoms. The molecule has 0 spiro atoms. The van der Waals surface area contributed by atoms with Gasteiger partial charge in [-0.3, -0.25) is 4.79 Å². The molecule has 1 aromatic rings. The number of hydrogen-bond acceptors (Lipinski definition) is 3. The smallest absolute Gasteiger partial charge is 0.246 e. The van der Waals surface area contributed by atoms with Crippen LogP contribution in [0.1, 0.15) is 13.8 Å². The number of amides is 1. The minimum Gasteiger partial charge on any atom is -0.337 e. The molecule has 0 aromatic heterocycles. The second-order valence-corrected chi connectivity index (χ2v) is 8.19. The van der Waals surface area contributed by atoms with Crippen molar-refractivity contribution < 1.29 is 13.2 Å². The monoisotopic (exact) mass is 376 g/mol. The van der Waals surface area contributed by atoms with Gasteiger partial charge >= 0.3 is 0 Å². The molecule has 0 aliphatic carbocycles. The fourth-order valence-electron chi connectivity index (χ4n) is 2.31. The van der Waals surface area contributed by atoms with Crippen molar-refractivity contribution in [2.75, 3.05) is 26.2 Å². The van der Waals surface area contributed by atoms with Gasteiger partial charge in [-0.15, -0.1) is 0 Å². The number of benzene rings is 1. The van der Waals surface area contributed by atoms with E-state index in [9.17, 15) is 13.2 Å². The Labute approximate surface area is 146 Å². The van der Waals surface area contributed by atoms with Crippen LogP contribution in [0.15, 0.2) is 34.7 Å². The number of carbonyl (C=O) groups excluding carboxylic acids is 1. The number of nitrogens with zero attached hydrogens (tertiary/aromatic N) is 2. The summed E-state index contributed by atoms with van der Waals surface area (Å²) in [4.78, 5) is 13.6. The van der Waals surface area contributed by atoms with E-state index in [0.717, 1.165) is 5.57 Å². The van der Waals surface area contributed by atoms with E-state index >= 15 is 0 Å². The van der Waals surface area contributed by atoms with E-state index in [1.165, 1.54) is 10.4 Å². The summed E-state index contributed by atoms with van der Waals surface area (Å²) in [6.45, 7) is 4.85. The summed E-state index contributed by atoms with van der Waals surface area (Å²) in [5.74, 6) is -0.0946.